The lowest BCUT2D eigenvalue weighted by Crippen LogP contribution is -2.36. The van der Waals surface area contributed by atoms with Crippen molar-refractivity contribution >= 4 is 37.5 Å². The average Bonchev–Trinajstić information content (AvgIpc) is 2.64. The van der Waals surface area contributed by atoms with E-state index in [1.54, 1.807) is 30.3 Å². The third-order valence-corrected chi connectivity index (χ3v) is 6.71. The SMILES string of the molecule is Cc1ccc(S(=O)(=O)Nc2ccc(Br)cc2)cc1C(=O)NC1CCCCC1. The Hall–Kier alpha value is -1.86. The second-order valence-electron chi connectivity index (χ2n) is 6.90. The van der Waals surface area contributed by atoms with Crippen LogP contribution in [0.5, 0.6) is 0 Å². The number of hydrogen-bond acceptors (Lipinski definition) is 3. The summed E-state index contributed by atoms with van der Waals surface area (Å²) in [5.41, 5.74) is 1.62. The monoisotopic (exact) mass is 450 g/mol. The summed E-state index contributed by atoms with van der Waals surface area (Å²) >= 11 is 3.32. The van der Waals surface area contributed by atoms with E-state index in [0.29, 0.717) is 11.3 Å². The Morgan fingerprint density at radius 2 is 1.70 bits per heavy atom. The van der Waals surface area contributed by atoms with Gasteiger partial charge in [-0.1, -0.05) is 41.3 Å². The van der Waals surface area contributed by atoms with Crippen LogP contribution in [0.1, 0.15) is 48.0 Å². The predicted molar refractivity (Wildman–Crippen MR) is 110 cm³/mol. The van der Waals surface area contributed by atoms with E-state index < -0.39 is 10.0 Å². The van der Waals surface area contributed by atoms with Crippen molar-refractivity contribution in [1.82, 2.24) is 5.32 Å². The Bertz CT molecular complexity index is 921. The number of aryl methyl sites for hydroxylation is 1. The lowest BCUT2D eigenvalue weighted by Gasteiger charge is -2.23. The van der Waals surface area contributed by atoms with Gasteiger partial charge in [0.05, 0.1) is 4.90 Å². The van der Waals surface area contributed by atoms with Crippen LogP contribution in [-0.4, -0.2) is 20.4 Å². The molecule has 0 spiro atoms. The van der Waals surface area contributed by atoms with Gasteiger partial charge in [-0.15, -0.1) is 0 Å². The summed E-state index contributed by atoms with van der Waals surface area (Å²) in [6.07, 6.45) is 5.41. The molecule has 0 saturated heterocycles. The van der Waals surface area contributed by atoms with E-state index in [0.717, 1.165) is 35.7 Å². The molecule has 0 unspecified atom stereocenters. The number of hydrogen-bond donors (Lipinski definition) is 2. The van der Waals surface area contributed by atoms with Gasteiger partial charge in [0.25, 0.3) is 15.9 Å². The van der Waals surface area contributed by atoms with Crippen LogP contribution in [-0.2, 0) is 10.0 Å². The molecule has 1 aliphatic carbocycles. The maximum atomic E-state index is 12.7. The number of sulfonamides is 1. The van der Waals surface area contributed by atoms with Crippen molar-refractivity contribution in [3.05, 3.63) is 58.1 Å². The molecule has 0 radical (unpaired) electrons. The normalized spacial score (nSPS) is 15.3. The summed E-state index contributed by atoms with van der Waals surface area (Å²) in [7, 11) is -3.78. The molecule has 1 amide bonds. The lowest BCUT2D eigenvalue weighted by atomic mass is 9.95. The van der Waals surface area contributed by atoms with Crippen molar-refractivity contribution in [1.29, 1.82) is 0 Å². The van der Waals surface area contributed by atoms with E-state index in [1.807, 2.05) is 6.92 Å². The molecule has 7 heteroatoms. The van der Waals surface area contributed by atoms with Gasteiger partial charge in [0.1, 0.15) is 0 Å². The number of amides is 1. The molecule has 144 valence electrons. The van der Waals surface area contributed by atoms with Crippen LogP contribution < -0.4 is 10.0 Å². The highest BCUT2D eigenvalue weighted by Crippen LogP contribution is 2.22. The number of carbonyl (C=O) groups is 1. The maximum absolute atomic E-state index is 12.7. The number of nitrogens with one attached hydrogen (secondary N) is 2. The van der Waals surface area contributed by atoms with Gasteiger partial charge in [0, 0.05) is 21.8 Å². The maximum Gasteiger partial charge on any atom is 0.261 e. The molecule has 5 nitrogen and oxygen atoms in total. The molecule has 2 aromatic carbocycles. The van der Waals surface area contributed by atoms with Gasteiger partial charge in [-0.05, 0) is 61.7 Å². The van der Waals surface area contributed by atoms with Gasteiger partial charge in [-0.25, -0.2) is 8.42 Å². The molecule has 0 heterocycles. The Morgan fingerprint density at radius 3 is 2.37 bits per heavy atom. The van der Waals surface area contributed by atoms with E-state index >= 15 is 0 Å². The highest BCUT2D eigenvalue weighted by Gasteiger charge is 2.21. The van der Waals surface area contributed by atoms with E-state index in [-0.39, 0.29) is 16.8 Å². The van der Waals surface area contributed by atoms with Crippen LogP contribution >= 0.6 is 15.9 Å². The first-order valence-electron chi connectivity index (χ1n) is 9.05. The molecule has 0 bridgehead atoms. The highest BCUT2D eigenvalue weighted by molar-refractivity contribution is 9.10. The second kappa shape index (κ2) is 8.44. The Balaban J connectivity index is 1.80. The van der Waals surface area contributed by atoms with Crippen LogP contribution in [0.15, 0.2) is 51.8 Å². The largest absolute Gasteiger partial charge is 0.349 e. The van der Waals surface area contributed by atoms with Crippen molar-refractivity contribution in [3.8, 4) is 0 Å². The predicted octanol–water partition coefficient (Wildman–Crippen LogP) is 4.62. The minimum Gasteiger partial charge on any atom is -0.349 e. The topological polar surface area (TPSA) is 75.3 Å². The lowest BCUT2D eigenvalue weighted by molar-refractivity contribution is 0.0927. The Kier molecular flexibility index (Phi) is 6.22. The van der Waals surface area contributed by atoms with Gasteiger partial charge < -0.3 is 5.32 Å². The summed E-state index contributed by atoms with van der Waals surface area (Å²) in [6.45, 7) is 1.81. The van der Waals surface area contributed by atoms with E-state index in [9.17, 15) is 13.2 Å². The summed E-state index contributed by atoms with van der Waals surface area (Å²) in [6, 6.07) is 11.7. The molecule has 2 aromatic rings. The molecule has 3 rings (SSSR count). The molecular weight excluding hydrogens is 428 g/mol. The van der Waals surface area contributed by atoms with Crippen LogP contribution in [0.4, 0.5) is 5.69 Å². The first-order valence-corrected chi connectivity index (χ1v) is 11.3. The van der Waals surface area contributed by atoms with Crippen LogP contribution in [0.3, 0.4) is 0 Å². The van der Waals surface area contributed by atoms with E-state index in [2.05, 4.69) is 26.0 Å². The van der Waals surface area contributed by atoms with Gasteiger partial charge in [0.15, 0.2) is 0 Å². The van der Waals surface area contributed by atoms with Crippen molar-refractivity contribution in [2.24, 2.45) is 0 Å². The van der Waals surface area contributed by atoms with Gasteiger partial charge in [0.2, 0.25) is 0 Å². The summed E-state index contributed by atoms with van der Waals surface area (Å²) in [5, 5.41) is 3.05. The number of rotatable bonds is 5. The Morgan fingerprint density at radius 1 is 1.04 bits per heavy atom. The first-order chi connectivity index (χ1) is 12.8. The Labute approximate surface area is 168 Å². The molecule has 1 saturated carbocycles. The minimum absolute atomic E-state index is 0.0739. The third-order valence-electron chi connectivity index (χ3n) is 4.80. The van der Waals surface area contributed by atoms with Crippen LogP contribution in [0.2, 0.25) is 0 Å². The zero-order chi connectivity index (χ0) is 19.4. The van der Waals surface area contributed by atoms with Crippen molar-refractivity contribution < 1.29 is 13.2 Å². The van der Waals surface area contributed by atoms with Crippen molar-refractivity contribution in [2.45, 2.75) is 50.0 Å². The first kappa shape index (κ1) is 19.9. The summed E-state index contributed by atoms with van der Waals surface area (Å²) < 4.78 is 28.8. The number of benzene rings is 2. The molecule has 0 aliphatic heterocycles. The van der Waals surface area contributed by atoms with Gasteiger partial charge in [-0.3, -0.25) is 9.52 Å². The fraction of sp³-hybridized carbons (Fsp3) is 0.350. The molecule has 0 aromatic heterocycles. The molecule has 1 aliphatic rings. The van der Waals surface area contributed by atoms with Gasteiger partial charge >= 0.3 is 0 Å². The standard InChI is InChI=1S/C20H23BrN2O3S/c1-14-7-12-18(27(25,26)23-17-10-8-15(21)9-11-17)13-19(14)20(24)22-16-5-3-2-4-6-16/h7-13,16,23H,2-6H2,1H3,(H,22,24). The van der Waals surface area contributed by atoms with Crippen molar-refractivity contribution in [2.75, 3.05) is 4.72 Å². The van der Waals surface area contributed by atoms with Crippen molar-refractivity contribution in [3.63, 3.8) is 0 Å². The molecular formula is C20H23BrN2O3S. The molecule has 1 fully saturated rings. The molecule has 0 atom stereocenters. The van der Waals surface area contributed by atoms with Crippen LogP contribution in [0.25, 0.3) is 0 Å². The highest BCUT2D eigenvalue weighted by atomic mass is 79.9. The van der Waals surface area contributed by atoms with E-state index in [4.69, 9.17) is 0 Å². The zero-order valence-electron chi connectivity index (χ0n) is 15.2. The minimum atomic E-state index is -3.78. The zero-order valence-corrected chi connectivity index (χ0v) is 17.6. The fourth-order valence-corrected chi connectivity index (χ4v) is 4.60. The number of anilines is 1. The summed E-state index contributed by atoms with van der Waals surface area (Å²) in [4.78, 5) is 12.8. The van der Waals surface area contributed by atoms with Gasteiger partial charge in [-0.2, -0.15) is 0 Å². The smallest absolute Gasteiger partial charge is 0.261 e. The fourth-order valence-electron chi connectivity index (χ4n) is 3.25. The third kappa shape index (κ3) is 5.11. The van der Waals surface area contributed by atoms with E-state index in [1.165, 1.54) is 18.6 Å². The molecule has 27 heavy (non-hydrogen) atoms. The number of halogens is 1. The second-order valence-corrected chi connectivity index (χ2v) is 9.50. The quantitative estimate of drug-likeness (QED) is 0.697. The molecule has 2 N–H and O–H groups in total. The summed E-state index contributed by atoms with van der Waals surface area (Å²) in [5.74, 6) is -0.208. The number of carbonyl (C=O) groups excluding carboxylic acids is 1. The van der Waals surface area contributed by atoms with Crippen LogP contribution in [0, 0.1) is 6.92 Å². The average molecular weight is 451 g/mol.